The second kappa shape index (κ2) is 12.5. The van der Waals surface area contributed by atoms with Gasteiger partial charge in [-0.2, -0.15) is 5.10 Å². The van der Waals surface area contributed by atoms with E-state index in [0.717, 1.165) is 5.56 Å². The Balaban J connectivity index is 1.41. The number of rotatable bonds is 11. The highest BCUT2D eigenvalue weighted by atomic mass is 16.5. The van der Waals surface area contributed by atoms with Crippen molar-refractivity contribution >= 4 is 23.7 Å². The van der Waals surface area contributed by atoms with Crippen LogP contribution in [0.25, 0.3) is 0 Å². The Hall–Kier alpha value is -4.53. The standard InChI is InChI=1S/C25H25N3O6/c1-31-21-8-4-3-7-20(21)27-24(29)16-33-19-13-11-18(12-14-19)15-26-28-25(30)17-34-23-10-6-5-9-22(23)32-2/h3-15H,16-17H2,1-2H3,(H,27,29)(H,28,30)/b26-15-. The van der Waals surface area contributed by atoms with Crippen molar-refractivity contribution in [1.29, 1.82) is 0 Å². The zero-order valence-corrected chi connectivity index (χ0v) is 18.8. The van der Waals surface area contributed by atoms with Crippen molar-refractivity contribution in [3.8, 4) is 23.0 Å². The molecule has 0 heterocycles. The summed E-state index contributed by atoms with van der Waals surface area (Å²) in [6.07, 6.45) is 1.49. The smallest absolute Gasteiger partial charge is 0.277 e. The molecule has 0 aliphatic heterocycles. The van der Waals surface area contributed by atoms with E-state index in [0.29, 0.717) is 28.7 Å². The first-order chi connectivity index (χ1) is 16.6. The van der Waals surface area contributed by atoms with E-state index < -0.39 is 5.91 Å². The minimum absolute atomic E-state index is 0.159. The van der Waals surface area contributed by atoms with Crippen LogP contribution in [0.15, 0.2) is 77.9 Å². The van der Waals surface area contributed by atoms with E-state index in [4.69, 9.17) is 18.9 Å². The van der Waals surface area contributed by atoms with Gasteiger partial charge in [-0.05, 0) is 54.1 Å². The van der Waals surface area contributed by atoms with Gasteiger partial charge in [-0.3, -0.25) is 9.59 Å². The fraction of sp³-hybridized carbons (Fsp3) is 0.160. The van der Waals surface area contributed by atoms with Crippen LogP contribution in [0.5, 0.6) is 23.0 Å². The number of carbonyl (C=O) groups is 2. The molecule has 3 rings (SSSR count). The molecule has 0 saturated carbocycles. The van der Waals surface area contributed by atoms with Crippen molar-refractivity contribution in [3.63, 3.8) is 0 Å². The summed E-state index contributed by atoms with van der Waals surface area (Å²) in [6.45, 7) is -0.366. The molecule has 0 saturated heterocycles. The maximum Gasteiger partial charge on any atom is 0.277 e. The molecular formula is C25H25N3O6. The molecule has 0 unspecified atom stereocenters. The molecule has 0 atom stereocenters. The minimum Gasteiger partial charge on any atom is -0.495 e. The van der Waals surface area contributed by atoms with Gasteiger partial charge in [0.05, 0.1) is 26.1 Å². The number of ether oxygens (including phenoxy) is 4. The maximum absolute atomic E-state index is 12.1. The number of carbonyl (C=O) groups excluding carboxylic acids is 2. The minimum atomic E-state index is -0.414. The number of nitrogens with one attached hydrogen (secondary N) is 2. The summed E-state index contributed by atoms with van der Waals surface area (Å²) < 4.78 is 21.3. The van der Waals surface area contributed by atoms with Gasteiger partial charge in [0, 0.05) is 0 Å². The lowest BCUT2D eigenvalue weighted by Crippen LogP contribution is -2.24. The van der Waals surface area contributed by atoms with Crippen LogP contribution in [0.2, 0.25) is 0 Å². The Morgan fingerprint density at radius 2 is 1.38 bits per heavy atom. The van der Waals surface area contributed by atoms with Crippen LogP contribution in [0.4, 0.5) is 5.69 Å². The van der Waals surface area contributed by atoms with Crippen LogP contribution in [0.1, 0.15) is 5.56 Å². The van der Waals surface area contributed by atoms with Gasteiger partial charge < -0.3 is 24.3 Å². The van der Waals surface area contributed by atoms with E-state index in [1.807, 2.05) is 12.1 Å². The van der Waals surface area contributed by atoms with Gasteiger partial charge in [-0.1, -0.05) is 24.3 Å². The van der Waals surface area contributed by atoms with Crippen LogP contribution in [0, 0.1) is 0 Å². The molecule has 3 aromatic rings. The quantitative estimate of drug-likeness (QED) is 0.334. The Morgan fingerprint density at radius 3 is 2.09 bits per heavy atom. The Labute approximate surface area is 197 Å². The van der Waals surface area contributed by atoms with Crippen LogP contribution < -0.4 is 29.7 Å². The normalized spacial score (nSPS) is 10.4. The number of anilines is 1. The molecule has 0 aliphatic carbocycles. The molecule has 176 valence electrons. The highest BCUT2D eigenvalue weighted by molar-refractivity contribution is 5.93. The molecule has 34 heavy (non-hydrogen) atoms. The summed E-state index contributed by atoms with van der Waals surface area (Å²) in [5.41, 5.74) is 3.70. The summed E-state index contributed by atoms with van der Waals surface area (Å²) in [4.78, 5) is 24.1. The molecule has 0 fully saturated rings. The monoisotopic (exact) mass is 463 g/mol. The van der Waals surface area contributed by atoms with E-state index in [1.54, 1.807) is 60.7 Å². The number of benzene rings is 3. The lowest BCUT2D eigenvalue weighted by molar-refractivity contribution is -0.123. The van der Waals surface area contributed by atoms with Gasteiger partial charge in [0.2, 0.25) is 0 Å². The number of para-hydroxylation sites is 4. The molecule has 9 heteroatoms. The third kappa shape index (κ3) is 7.27. The largest absolute Gasteiger partial charge is 0.495 e. The molecule has 2 amide bonds. The third-order valence-electron chi connectivity index (χ3n) is 4.46. The van der Waals surface area contributed by atoms with Gasteiger partial charge in [0.25, 0.3) is 11.8 Å². The topological polar surface area (TPSA) is 107 Å². The first kappa shape index (κ1) is 24.1. The molecule has 9 nitrogen and oxygen atoms in total. The molecule has 2 N–H and O–H groups in total. The van der Waals surface area contributed by atoms with Crippen molar-refractivity contribution in [2.75, 3.05) is 32.8 Å². The summed E-state index contributed by atoms with van der Waals surface area (Å²) >= 11 is 0. The predicted molar refractivity (Wildman–Crippen MR) is 128 cm³/mol. The number of nitrogens with zero attached hydrogens (tertiary/aromatic N) is 1. The Kier molecular flexibility index (Phi) is 8.86. The van der Waals surface area contributed by atoms with E-state index in [9.17, 15) is 9.59 Å². The van der Waals surface area contributed by atoms with Gasteiger partial charge in [-0.15, -0.1) is 0 Å². The number of hydrogen-bond donors (Lipinski definition) is 2. The highest BCUT2D eigenvalue weighted by Gasteiger charge is 2.08. The number of amides is 2. The summed E-state index contributed by atoms with van der Waals surface area (Å²) in [5.74, 6) is 1.37. The maximum atomic E-state index is 12.1. The van der Waals surface area contributed by atoms with Crippen molar-refractivity contribution in [2.45, 2.75) is 0 Å². The fourth-order valence-corrected chi connectivity index (χ4v) is 2.83. The zero-order valence-electron chi connectivity index (χ0n) is 18.8. The van der Waals surface area contributed by atoms with Crippen LogP contribution in [0.3, 0.4) is 0 Å². The summed E-state index contributed by atoms with van der Waals surface area (Å²) in [5, 5.41) is 6.65. The van der Waals surface area contributed by atoms with Crippen molar-refractivity contribution < 1.29 is 28.5 Å². The number of hydrogen-bond acceptors (Lipinski definition) is 7. The third-order valence-corrected chi connectivity index (χ3v) is 4.46. The van der Waals surface area contributed by atoms with Gasteiger partial charge in [0.15, 0.2) is 24.7 Å². The molecular weight excluding hydrogens is 438 g/mol. The van der Waals surface area contributed by atoms with Crippen molar-refractivity contribution in [2.24, 2.45) is 5.10 Å². The average molecular weight is 463 g/mol. The lowest BCUT2D eigenvalue weighted by Gasteiger charge is -2.10. The Bertz CT molecular complexity index is 1130. The number of methoxy groups -OCH3 is 2. The molecule has 0 bridgehead atoms. The SMILES string of the molecule is COc1ccccc1NC(=O)COc1ccc(/C=N\NC(=O)COc2ccccc2OC)cc1. The summed E-state index contributed by atoms with van der Waals surface area (Å²) in [7, 11) is 3.06. The molecule has 0 radical (unpaired) electrons. The van der Waals surface area contributed by atoms with Gasteiger partial charge in [-0.25, -0.2) is 5.43 Å². The molecule has 3 aromatic carbocycles. The molecule has 0 spiro atoms. The van der Waals surface area contributed by atoms with Crippen molar-refractivity contribution in [1.82, 2.24) is 5.43 Å². The van der Waals surface area contributed by atoms with Gasteiger partial charge in [0.1, 0.15) is 11.5 Å². The number of hydrazone groups is 1. The zero-order chi connectivity index (χ0) is 24.2. The first-order valence-electron chi connectivity index (χ1n) is 10.3. The summed E-state index contributed by atoms with van der Waals surface area (Å²) in [6, 6.07) is 21.1. The van der Waals surface area contributed by atoms with Crippen LogP contribution in [-0.4, -0.2) is 45.5 Å². The first-order valence-corrected chi connectivity index (χ1v) is 10.3. The lowest BCUT2D eigenvalue weighted by atomic mass is 10.2. The van der Waals surface area contributed by atoms with Crippen LogP contribution in [-0.2, 0) is 9.59 Å². The van der Waals surface area contributed by atoms with E-state index in [2.05, 4.69) is 15.8 Å². The van der Waals surface area contributed by atoms with Crippen molar-refractivity contribution in [3.05, 3.63) is 78.4 Å². The molecule has 0 aromatic heterocycles. The fourth-order valence-electron chi connectivity index (χ4n) is 2.83. The van der Waals surface area contributed by atoms with Crippen LogP contribution >= 0.6 is 0 Å². The second-order valence-corrected chi connectivity index (χ2v) is 6.84. The highest BCUT2D eigenvalue weighted by Crippen LogP contribution is 2.25. The predicted octanol–water partition coefficient (Wildman–Crippen LogP) is 3.25. The molecule has 0 aliphatic rings. The Morgan fingerprint density at radius 1 is 0.765 bits per heavy atom. The second-order valence-electron chi connectivity index (χ2n) is 6.84. The van der Waals surface area contributed by atoms with E-state index in [-0.39, 0.29) is 19.1 Å². The average Bonchev–Trinajstić information content (AvgIpc) is 2.87. The van der Waals surface area contributed by atoms with E-state index in [1.165, 1.54) is 20.4 Å². The van der Waals surface area contributed by atoms with E-state index >= 15 is 0 Å². The van der Waals surface area contributed by atoms with Gasteiger partial charge >= 0.3 is 0 Å².